The predicted octanol–water partition coefficient (Wildman–Crippen LogP) is 0.997. The van der Waals surface area contributed by atoms with Gasteiger partial charge in [-0.05, 0) is 12.1 Å². The van der Waals surface area contributed by atoms with Crippen LogP contribution in [-0.4, -0.2) is 17.8 Å². The number of hydrogen-bond donors (Lipinski definition) is 1. The first-order valence-corrected chi connectivity index (χ1v) is 3.63. The molecule has 0 spiro atoms. The summed E-state index contributed by atoms with van der Waals surface area (Å²) in [6.45, 7) is 0. The molecule has 0 saturated carbocycles. The molecule has 3 nitrogen and oxygen atoms in total. The summed E-state index contributed by atoms with van der Waals surface area (Å²) in [5, 5.41) is 2.75. The SMILES string of the molecule is CNC=CC(=O)c1cccnc1. The molecule has 1 N–H and O–H groups in total. The second-order valence-corrected chi connectivity index (χ2v) is 2.23. The van der Waals surface area contributed by atoms with Gasteiger partial charge in [-0.3, -0.25) is 9.78 Å². The summed E-state index contributed by atoms with van der Waals surface area (Å²) in [4.78, 5) is 15.1. The lowest BCUT2D eigenvalue weighted by Gasteiger charge is -1.92. The van der Waals surface area contributed by atoms with Crippen LogP contribution in [0.25, 0.3) is 0 Å². The summed E-state index contributed by atoms with van der Waals surface area (Å²) in [6, 6.07) is 3.47. The Hall–Kier alpha value is -1.64. The largest absolute Gasteiger partial charge is 0.394 e. The predicted molar refractivity (Wildman–Crippen MR) is 46.8 cm³/mol. The van der Waals surface area contributed by atoms with Crippen LogP contribution in [0, 0.1) is 0 Å². The Kier molecular flexibility index (Phi) is 3.02. The first-order chi connectivity index (χ1) is 5.84. The van der Waals surface area contributed by atoms with Crippen LogP contribution in [0.3, 0.4) is 0 Å². The molecule has 0 aliphatic heterocycles. The third-order valence-electron chi connectivity index (χ3n) is 1.35. The average Bonchev–Trinajstić information content (AvgIpc) is 2.15. The molecular weight excluding hydrogens is 152 g/mol. The third kappa shape index (κ3) is 2.20. The smallest absolute Gasteiger partial charge is 0.188 e. The van der Waals surface area contributed by atoms with E-state index in [1.807, 2.05) is 0 Å². The Bertz CT molecular complexity index is 280. The molecule has 0 aromatic carbocycles. The number of allylic oxidation sites excluding steroid dienone is 1. The number of hydrogen-bond acceptors (Lipinski definition) is 3. The summed E-state index contributed by atoms with van der Waals surface area (Å²) >= 11 is 0. The second-order valence-electron chi connectivity index (χ2n) is 2.23. The van der Waals surface area contributed by atoms with Gasteiger partial charge in [-0.25, -0.2) is 0 Å². The van der Waals surface area contributed by atoms with Gasteiger partial charge in [0.25, 0.3) is 0 Å². The number of pyridine rings is 1. The van der Waals surface area contributed by atoms with Crippen LogP contribution in [0.2, 0.25) is 0 Å². The van der Waals surface area contributed by atoms with E-state index in [9.17, 15) is 4.79 Å². The van der Waals surface area contributed by atoms with Gasteiger partial charge in [-0.2, -0.15) is 0 Å². The first-order valence-electron chi connectivity index (χ1n) is 3.63. The Labute approximate surface area is 71.1 Å². The number of nitrogens with zero attached hydrogens (tertiary/aromatic N) is 1. The molecule has 0 aliphatic rings. The van der Waals surface area contributed by atoms with E-state index in [0.29, 0.717) is 5.56 Å². The van der Waals surface area contributed by atoms with Gasteiger partial charge in [0.15, 0.2) is 5.78 Å². The van der Waals surface area contributed by atoms with E-state index < -0.39 is 0 Å². The molecule has 12 heavy (non-hydrogen) atoms. The zero-order valence-electron chi connectivity index (χ0n) is 6.82. The maximum absolute atomic E-state index is 11.2. The van der Waals surface area contributed by atoms with Gasteiger partial charge in [-0.15, -0.1) is 0 Å². The molecule has 0 amide bonds. The number of nitrogens with one attached hydrogen (secondary N) is 1. The normalized spacial score (nSPS) is 10.1. The molecule has 0 radical (unpaired) electrons. The van der Waals surface area contributed by atoms with Crippen LogP contribution in [0.5, 0.6) is 0 Å². The third-order valence-corrected chi connectivity index (χ3v) is 1.35. The summed E-state index contributed by atoms with van der Waals surface area (Å²) in [5.74, 6) is -0.0440. The van der Waals surface area contributed by atoms with Gasteiger partial charge in [0.2, 0.25) is 0 Å². The molecule has 1 aromatic heterocycles. The van der Waals surface area contributed by atoms with E-state index in [4.69, 9.17) is 0 Å². The topological polar surface area (TPSA) is 42.0 Å². The molecule has 0 saturated heterocycles. The molecule has 62 valence electrons. The average molecular weight is 162 g/mol. The van der Waals surface area contributed by atoms with Gasteiger partial charge in [0.1, 0.15) is 0 Å². The van der Waals surface area contributed by atoms with Gasteiger partial charge >= 0.3 is 0 Å². The maximum Gasteiger partial charge on any atom is 0.188 e. The van der Waals surface area contributed by atoms with Crippen LogP contribution in [0.4, 0.5) is 0 Å². The minimum atomic E-state index is -0.0440. The Balaban J connectivity index is 2.72. The lowest BCUT2D eigenvalue weighted by atomic mass is 10.2. The standard InChI is InChI=1S/C9H10N2O/c1-10-6-4-9(12)8-3-2-5-11-7-8/h2-7,10H,1H3. The van der Waals surface area contributed by atoms with Gasteiger partial charge in [0.05, 0.1) is 0 Å². The second kappa shape index (κ2) is 4.28. The Morgan fingerprint density at radius 3 is 3.08 bits per heavy atom. The highest BCUT2D eigenvalue weighted by atomic mass is 16.1. The lowest BCUT2D eigenvalue weighted by Crippen LogP contribution is -1.98. The molecule has 1 rings (SSSR count). The van der Waals surface area contributed by atoms with Crippen molar-refractivity contribution >= 4 is 5.78 Å². The fourth-order valence-electron chi connectivity index (χ4n) is 0.764. The molecule has 0 atom stereocenters. The first kappa shape index (κ1) is 8.46. The summed E-state index contributed by atoms with van der Waals surface area (Å²) in [7, 11) is 1.74. The highest BCUT2D eigenvalue weighted by molar-refractivity contribution is 6.04. The Morgan fingerprint density at radius 2 is 2.50 bits per heavy atom. The van der Waals surface area contributed by atoms with E-state index in [0.717, 1.165) is 0 Å². The number of aromatic nitrogens is 1. The summed E-state index contributed by atoms with van der Waals surface area (Å²) < 4.78 is 0. The molecule has 1 aromatic rings. The fourth-order valence-corrected chi connectivity index (χ4v) is 0.764. The van der Waals surface area contributed by atoms with Crippen molar-refractivity contribution < 1.29 is 4.79 Å². The van der Waals surface area contributed by atoms with Crippen molar-refractivity contribution in [2.75, 3.05) is 7.05 Å². The fraction of sp³-hybridized carbons (Fsp3) is 0.111. The zero-order valence-corrected chi connectivity index (χ0v) is 6.82. The van der Waals surface area contributed by atoms with Crippen LogP contribution in [0.1, 0.15) is 10.4 Å². The van der Waals surface area contributed by atoms with Crippen LogP contribution < -0.4 is 5.32 Å². The minimum absolute atomic E-state index is 0.0440. The number of rotatable bonds is 3. The molecule has 1 heterocycles. The van der Waals surface area contributed by atoms with Crippen molar-refractivity contribution in [3.63, 3.8) is 0 Å². The van der Waals surface area contributed by atoms with Crippen molar-refractivity contribution in [1.29, 1.82) is 0 Å². The zero-order chi connectivity index (χ0) is 8.81. The molecule has 0 bridgehead atoms. The van der Waals surface area contributed by atoms with Gasteiger partial charge < -0.3 is 5.32 Å². The van der Waals surface area contributed by atoms with Gasteiger partial charge in [-0.1, -0.05) is 0 Å². The molecule has 0 aliphatic carbocycles. The molecule has 0 fully saturated rings. The molecule has 0 unspecified atom stereocenters. The molecular formula is C9H10N2O. The van der Waals surface area contributed by atoms with Crippen molar-refractivity contribution in [1.82, 2.24) is 10.3 Å². The van der Waals surface area contributed by atoms with E-state index in [2.05, 4.69) is 10.3 Å². The quantitative estimate of drug-likeness (QED) is 0.532. The van der Waals surface area contributed by atoms with E-state index in [1.54, 1.807) is 37.8 Å². The van der Waals surface area contributed by atoms with Crippen molar-refractivity contribution in [2.24, 2.45) is 0 Å². The van der Waals surface area contributed by atoms with Crippen molar-refractivity contribution in [3.05, 3.63) is 42.4 Å². The van der Waals surface area contributed by atoms with E-state index in [1.165, 1.54) is 6.08 Å². The lowest BCUT2D eigenvalue weighted by molar-refractivity contribution is 0.104. The monoisotopic (exact) mass is 162 g/mol. The van der Waals surface area contributed by atoms with Crippen LogP contribution >= 0.6 is 0 Å². The summed E-state index contributed by atoms with van der Waals surface area (Å²) in [6.07, 6.45) is 6.24. The van der Waals surface area contributed by atoms with Crippen molar-refractivity contribution in [2.45, 2.75) is 0 Å². The van der Waals surface area contributed by atoms with Crippen molar-refractivity contribution in [3.8, 4) is 0 Å². The summed E-state index contributed by atoms with van der Waals surface area (Å²) in [5.41, 5.74) is 0.601. The highest BCUT2D eigenvalue weighted by Gasteiger charge is 1.98. The van der Waals surface area contributed by atoms with E-state index in [-0.39, 0.29) is 5.78 Å². The number of ketones is 1. The maximum atomic E-state index is 11.2. The van der Waals surface area contributed by atoms with Crippen LogP contribution in [-0.2, 0) is 0 Å². The van der Waals surface area contributed by atoms with E-state index >= 15 is 0 Å². The minimum Gasteiger partial charge on any atom is -0.394 e. The Morgan fingerprint density at radius 1 is 1.67 bits per heavy atom. The van der Waals surface area contributed by atoms with Crippen LogP contribution in [0.15, 0.2) is 36.8 Å². The van der Waals surface area contributed by atoms with Gasteiger partial charge in [0, 0.05) is 37.3 Å². The highest BCUT2D eigenvalue weighted by Crippen LogP contribution is 1.97. The number of carbonyl (C=O) groups is 1. The molecule has 3 heteroatoms. The number of carbonyl (C=O) groups excluding carboxylic acids is 1.